The van der Waals surface area contributed by atoms with Crippen molar-refractivity contribution in [2.75, 3.05) is 32.7 Å². The second kappa shape index (κ2) is 12.8. The van der Waals surface area contributed by atoms with Crippen LogP contribution in [0.3, 0.4) is 0 Å². The Bertz CT molecular complexity index is 905. The molecule has 2 atom stereocenters. The molecule has 0 unspecified atom stereocenters. The molecule has 2 rings (SSSR count). The number of hydrogen-bond acceptors (Lipinski definition) is 9. The highest BCUT2D eigenvalue weighted by Crippen LogP contribution is 2.21. The number of rotatable bonds is 9. The van der Waals surface area contributed by atoms with E-state index >= 15 is 0 Å². The molecule has 0 radical (unpaired) electrons. The number of hydrogen-bond donors (Lipinski definition) is 1. The van der Waals surface area contributed by atoms with E-state index in [1.54, 1.807) is 0 Å². The summed E-state index contributed by atoms with van der Waals surface area (Å²) in [5, 5.41) is 0. The monoisotopic (exact) mass is 519 g/mol. The number of benzene rings is 1. The van der Waals surface area contributed by atoms with Crippen LogP contribution in [0, 0.1) is 0 Å². The maximum atomic E-state index is 13.2. The third-order valence-electron chi connectivity index (χ3n) is 5.61. The van der Waals surface area contributed by atoms with Gasteiger partial charge in [-0.05, 0) is 60.5 Å². The van der Waals surface area contributed by atoms with Gasteiger partial charge in [0.15, 0.2) is 0 Å². The first-order valence-electron chi connectivity index (χ1n) is 12.9. The zero-order valence-electron chi connectivity index (χ0n) is 23.5. The molecule has 1 fully saturated rings. The molecule has 37 heavy (non-hydrogen) atoms. The van der Waals surface area contributed by atoms with Gasteiger partial charge in [0, 0.05) is 38.1 Å². The number of nitrogens with two attached hydrogens (primary N) is 1. The van der Waals surface area contributed by atoms with Crippen molar-refractivity contribution in [2.45, 2.75) is 90.7 Å². The normalized spacial score (nSPS) is 20.5. The molecule has 0 spiro atoms. The predicted octanol–water partition coefficient (Wildman–Crippen LogP) is 2.90. The van der Waals surface area contributed by atoms with Gasteiger partial charge in [0.25, 0.3) is 0 Å². The number of carbonyl (C=O) groups excluding carboxylic acids is 3. The minimum atomic E-state index is -0.702. The van der Waals surface area contributed by atoms with Gasteiger partial charge in [-0.25, -0.2) is 0 Å². The van der Waals surface area contributed by atoms with Crippen LogP contribution >= 0.6 is 0 Å². The van der Waals surface area contributed by atoms with Gasteiger partial charge in [-0.2, -0.15) is 0 Å². The van der Waals surface area contributed by atoms with Gasteiger partial charge in [-0.1, -0.05) is 30.3 Å². The maximum absolute atomic E-state index is 13.2. The molecule has 1 saturated heterocycles. The van der Waals surface area contributed by atoms with Crippen LogP contribution in [-0.2, 0) is 35.2 Å². The van der Waals surface area contributed by atoms with Crippen LogP contribution in [-0.4, -0.2) is 83.2 Å². The first kappa shape index (κ1) is 30.7. The molecule has 208 valence electrons. The van der Waals surface area contributed by atoms with Gasteiger partial charge in [0.2, 0.25) is 0 Å². The Morgan fingerprint density at radius 2 is 1.57 bits per heavy atom. The molecule has 1 aromatic rings. The Labute approximate surface area is 221 Å². The summed E-state index contributed by atoms with van der Waals surface area (Å²) in [6, 6.07) is 8.78. The molecule has 0 bridgehead atoms. The van der Waals surface area contributed by atoms with E-state index in [4.69, 9.17) is 19.9 Å². The average Bonchev–Trinajstić information content (AvgIpc) is 2.87. The molecular formula is C28H45N3O6. The lowest BCUT2D eigenvalue weighted by Gasteiger charge is -2.35. The van der Waals surface area contributed by atoms with Crippen molar-refractivity contribution in [3.63, 3.8) is 0 Å². The van der Waals surface area contributed by atoms with Crippen LogP contribution < -0.4 is 5.73 Å². The molecule has 2 N–H and O–H groups in total. The summed E-state index contributed by atoms with van der Waals surface area (Å²) >= 11 is 0. The summed E-state index contributed by atoms with van der Waals surface area (Å²) < 4.78 is 16.6. The van der Waals surface area contributed by atoms with Gasteiger partial charge >= 0.3 is 17.9 Å². The predicted molar refractivity (Wildman–Crippen MR) is 142 cm³/mol. The lowest BCUT2D eigenvalue weighted by molar-refractivity contribution is -0.162. The van der Waals surface area contributed by atoms with E-state index in [0.29, 0.717) is 26.2 Å². The Balaban J connectivity index is 2.09. The highest BCUT2D eigenvalue weighted by atomic mass is 16.6. The summed E-state index contributed by atoms with van der Waals surface area (Å²) in [6.45, 7) is 15.0. The lowest BCUT2D eigenvalue weighted by atomic mass is 10.0. The smallest absolute Gasteiger partial charge is 0.323 e. The van der Waals surface area contributed by atoms with Crippen molar-refractivity contribution in [3.05, 3.63) is 35.9 Å². The summed E-state index contributed by atoms with van der Waals surface area (Å²) in [7, 11) is 0. The van der Waals surface area contributed by atoms with Crippen molar-refractivity contribution in [2.24, 2.45) is 5.73 Å². The van der Waals surface area contributed by atoms with Crippen LogP contribution in [0.25, 0.3) is 0 Å². The van der Waals surface area contributed by atoms with E-state index < -0.39 is 28.8 Å². The number of nitrogens with zero attached hydrogens (tertiary/aromatic N) is 2. The van der Waals surface area contributed by atoms with Crippen LogP contribution in [0.4, 0.5) is 0 Å². The highest BCUT2D eigenvalue weighted by Gasteiger charge is 2.38. The first-order valence-corrected chi connectivity index (χ1v) is 12.9. The van der Waals surface area contributed by atoms with Gasteiger partial charge in [-0.15, -0.1) is 0 Å². The topological polar surface area (TPSA) is 111 Å². The second-order valence-electron chi connectivity index (χ2n) is 12.2. The van der Waals surface area contributed by atoms with Crippen LogP contribution in [0.1, 0.15) is 66.9 Å². The van der Waals surface area contributed by atoms with Crippen LogP contribution in [0.15, 0.2) is 30.3 Å². The fraction of sp³-hybridized carbons (Fsp3) is 0.679. The third kappa shape index (κ3) is 12.1. The summed E-state index contributed by atoms with van der Waals surface area (Å²) in [5.41, 5.74) is 5.56. The van der Waals surface area contributed by atoms with Crippen molar-refractivity contribution >= 4 is 17.9 Å². The lowest BCUT2D eigenvalue weighted by Crippen LogP contribution is -2.55. The number of esters is 3. The molecular weight excluding hydrogens is 474 g/mol. The molecule has 9 nitrogen and oxygen atoms in total. The fourth-order valence-electron chi connectivity index (χ4n) is 4.29. The van der Waals surface area contributed by atoms with Gasteiger partial charge in [0.1, 0.15) is 23.9 Å². The molecule has 0 amide bonds. The van der Waals surface area contributed by atoms with Gasteiger partial charge in [0.05, 0.1) is 6.54 Å². The van der Waals surface area contributed by atoms with E-state index in [1.807, 2.05) is 88.6 Å². The Morgan fingerprint density at radius 3 is 2.16 bits per heavy atom. The summed E-state index contributed by atoms with van der Waals surface area (Å²) in [4.78, 5) is 42.1. The second-order valence-corrected chi connectivity index (χ2v) is 12.2. The summed E-state index contributed by atoms with van der Waals surface area (Å²) in [5.74, 6) is -1.10. The molecule has 0 aliphatic carbocycles. The molecule has 9 heteroatoms. The molecule has 1 heterocycles. The average molecular weight is 520 g/mol. The van der Waals surface area contributed by atoms with E-state index in [9.17, 15) is 14.4 Å². The van der Waals surface area contributed by atoms with Crippen molar-refractivity contribution < 1.29 is 28.6 Å². The van der Waals surface area contributed by atoms with E-state index in [0.717, 1.165) is 5.56 Å². The first-order chi connectivity index (χ1) is 17.0. The quantitative estimate of drug-likeness (QED) is 0.389. The Morgan fingerprint density at radius 1 is 0.946 bits per heavy atom. The largest absolute Gasteiger partial charge is 0.461 e. The third-order valence-corrected chi connectivity index (χ3v) is 5.61. The van der Waals surface area contributed by atoms with Crippen molar-refractivity contribution in [1.29, 1.82) is 0 Å². The van der Waals surface area contributed by atoms with Gasteiger partial charge in [-0.3, -0.25) is 24.2 Å². The van der Waals surface area contributed by atoms with E-state index in [1.165, 1.54) is 0 Å². The Kier molecular flexibility index (Phi) is 10.7. The molecule has 1 aromatic carbocycles. The molecule has 0 saturated carbocycles. The summed E-state index contributed by atoms with van der Waals surface area (Å²) in [6.07, 6.45) is 0.306. The standard InChI is InChI=1S/C28H45N3O6/c1-26(2,3)36-24(33)17-30-15-16-31(20-28(7,29)19-30)22(25(34)37-27(4,5)6)13-14-23(32)35-18-21-11-9-8-10-12-21/h8-12,22H,13-20,29H2,1-7H3/t22-,28+/m1/s1. The van der Waals surface area contributed by atoms with Crippen LogP contribution in [0.5, 0.6) is 0 Å². The zero-order chi connectivity index (χ0) is 27.9. The SMILES string of the molecule is CC(C)(C)OC(=O)CN1CCN([C@H](CCC(=O)OCc2ccccc2)C(=O)OC(C)(C)C)C[C@@](C)(N)C1. The van der Waals surface area contributed by atoms with Crippen molar-refractivity contribution in [1.82, 2.24) is 9.80 Å². The van der Waals surface area contributed by atoms with E-state index in [-0.39, 0.29) is 37.9 Å². The minimum Gasteiger partial charge on any atom is -0.461 e. The molecule has 0 aromatic heterocycles. The number of ether oxygens (including phenoxy) is 3. The highest BCUT2D eigenvalue weighted by molar-refractivity contribution is 5.78. The van der Waals surface area contributed by atoms with Gasteiger partial charge < -0.3 is 19.9 Å². The number of carbonyl (C=O) groups is 3. The zero-order valence-corrected chi connectivity index (χ0v) is 23.5. The minimum absolute atomic E-state index is 0.0656. The van der Waals surface area contributed by atoms with Crippen molar-refractivity contribution in [3.8, 4) is 0 Å². The van der Waals surface area contributed by atoms with E-state index in [2.05, 4.69) is 0 Å². The Hall–Kier alpha value is -2.49. The van der Waals surface area contributed by atoms with Crippen LogP contribution in [0.2, 0.25) is 0 Å². The maximum Gasteiger partial charge on any atom is 0.323 e. The fourth-order valence-corrected chi connectivity index (χ4v) is 4.29. The molecule has 1 aliphatic heterocycles. The molecule has 1 aliphatic rings.